The molecule has 2 rings (SSSR count). The minimum absolute atomic E-state index is 0.0741. The summed E-state index contributed by atoms with van der Waals surface area (Å²) in [5.41, 5.74) is 1.68. The van der Waals surface area contributed by atoms with Crippen LogP contribution in [0, 0.1) is 25.2 Å². The van der Waals surface area contributed by atoms with Crippen LogP contribution in [-0.2, 0) is 11.2 Å². The highest BCUT2D eigenvalue weighted by molar-refractivity contribution is 6.32. The van der Waals surface area contributed by atoms with E-state index in [1.807, 2.05) is 6.07 Å². The largest absolute Gasteiger partial charge is 0.425 e. The minimum Gasteiger partial charge on any atom is -0.425 e. The van der Waals surface area contributed by atoms with E-state index >= 15 is 0 Å². The number of para-hydroxylation sites is 1. The van der Waals surface area contributed by atoms with Gasteiger partial charge >= 0.3 is 5.97 Å². The maximum atomic E-state index is 12.0. The molecule has 0 spiro atoms. The minimum atomic E-state index is -0.429. The number of esters is 1. The molecule has 0 aliphatic heterocycles. The topological polar surface area (TPSA) is 83.0 Å². The first-order valence-electron chi connectivity index (χ1n) is 7.01. The van der Waals surface area contributed by atoms with Crippen LogP contribution in [0.4, 0.5) is 0 Å². The van der Waals surface area contributed by atoms with Crippen LogP contribution in [0.15, 0.2) is 29.1 Å². The first-order chi connectivity index (χ1) is 10.9. The third-order valence-electron chi connectivity index (χ3n) is 3.56. The zero-order valence-electron chi connectivity index (χ0n) is 12.8. The zero-order valence-corrected chi connectivity index (χ0v) is 13.5. The van der Waals surface area contributed by atoms with Gasteiger partial charge in [0.1, 0.15) is 17.4 Å². The molecule has 0 fully saturated rings. The van der Waals surface area contributed by atoms with Gasteiger partial charge in [-0.1, -0.05) is 23.7 Å². The molecule has 0 bridgehead atoms. The summed E-state index contributed by atoms with van der Waals surface area (Å²) >= 11 is 5.94. The summed E-state index contributed by atoms with van der Waals surface area (Å²) in [5.74, 6) is -0.117. The van der Waals surface area contributed by atoms with Crippen molar-refractivity contribution in [3.63, 3.8) is 0 Å². The van der Waals surface area contributed by atoms with E-state index in [-0.39, 0.29) is 12.0 Å². The summed E-state index contributed by atoms with van der Waals surface area (Å²) in [6.45, 7) is 3.44. The Morgan fingerprint density at radius 2 is 2.04 bits per heavy atom. The molecule has 1 aromatic carbocycles. The van der Waals surface area contributed by atoms with Crippen LogP contribution in [0.1, 0.15) is 28.8 Å². The molecule has 0 saturated carbocycles. The van der Waals surface area contributed by atoms with Gasteiger partial charge in [0.15, 0.2) is 0 Å². The molecule has 0 unspecified atom stereocenters. The lowest BCUT2D eigenvalue weighted by molar-refractivity contribution is -0.134. The van der Waals surface area contributed by atoms with Crippen molar-refractivity contribution in [2.75, 3.05) is 0 Å². The Morgan fingerprint density at radius 1 is 1.35 bits per heavy atom. The van der Waals surface area contributed by atoms with Crippen molar-refractivity contribution in [1.82, 2.24) is 4.98 Å². The Labute approximate surface area is 138 Å². The number of carbonyl (C=O) groups is 1. The lowest BCUT2D eigenvalue weighted by atomic mass is 9.99. The number of hydrogen-bond donors (Lipinski definition) is 1. The van der Waals surface area contributed by atoms with E-state index in [1.165, 1.54) is 0 Å². The van der Waals surface area contributed by atoms with Crippen molar-refractivity contribution in [3.05, 3.63) is 62.0 Å². The maximum Gasteiger partial charge on any atom is 0.311 e. The van der Waals surface area contributed by atoms with E-state index in [0.717, 1.165) is 5.56 Å². The van der Waals surface area contributed by atoms with E-state index in [4.69, 9.17) is 21.6 Å². The molecule has 1 heterocycles. The van der Waals surface area contributed by atoms with Crippen molar-refractivity contribution >= 4 is 17.6 Å². The molecule has 0 saturated heterocycles. The van der Waals surface area contributed by atoms with E-state index in [0.29, 0.717) is 28.5 Å². The van der Waals surface area contributed by atoms with Crippen LogP contribution in [0.25, 0.3) is 0 Å². The first-order valence-corrected chi connectivity index (χ1v) is 7.39. The van der Waals surface area contributed by atoms with Gasteiger partial charge in [0.2, 0.25) is 0 Å². The number of nitrogens with zero attached hydrogens (tertiary/aromatic N) is 1. The third kappa shape index (κ3) is 3.79. The van der Waals surface area contributed by atoms with Gasteiger partial charge in [-0.2, -0.15) is 5.26 Å². The second kappa shape index (κ2) is 7.12. The molecular formula is C17H15ClN2O3. The average molecular weight is 331 g/mol. The number of aryl methyl sites for hydroxylation is 1. The average Bonchev–Trinajstić information content (AvgIpc) is 2.49. The number of H-pyrrole nitrogens is 1. The van der Waals surface area contributed by atoms with Crippen LogP contribution in [0.5, 0.6) is 5.75 Å². The number of rotatable bonds is 4. The monoisotopic (exact) mass is 330 g/mol. The third-order valence-corrected chi connectivity index (χ3v) is 3.87. The predicted molar refractivity (Wildman–Crippen MR) is 86.7 cm³/mol. The molecule has 0 aliphatic carbocycles. The number of pyridine rings is 1. The standard InChI is InChI=1S/C17H15ClN2O3/c1-10-12(11(2)20-17(22)13(10)9-19)7-8-16(21)23-15-6-4-3-5-14(15)18/h3-6H,7-8H2,1-2H3,(H,20,22). The fraction of sp³-hybridized carbons (Fsp3) is 0.235. The zero-order chi connectivity index (χ0) is 17.0. The number of hydrogen-bond acceptors (Lipinski definition) is 4. The molecule has 1 N–H and O–H groups in total. The summed E-state index contributed by atoms with van der Waals surface area (Å²) in [4.78, 5) is 26.3. The van der Waals surface area contributed by atoms with Gasteiger partial charge in [-0.25, -0.2) is 0 Å². The summed E-state index contributed by atoms with van der Waals surface area (Å²) in [6, 6.07) is 8.62. The molecule has 1 aromatic heterocycles. The molecule has 5 nitrogen and oxygen atoms in total. The van der Waals surface area contributed by atoms with Crippen LogP contribution < -0.4 is 10.3 Å². The fourth-order valence-corrected chi connectivity index (χ4v) is 2.52. The molecule has 0 aliphatic rings. The molecule has 0 atom stereocenters. The maximum absolute atomic E-state index is 12.0. The smallest absolute Gasteiger partial charge is 0.311 e. The van der Waals surface area contributed by atoms with Gasteiger partial charge in [0.25, 0.3) is 5.56 Å². The molecule has 6 heteroatoms. The lowest BCUT2D eigenvalue weighted by Gasteiger charge is -2.11. The Hall–Kier alpha value is -2.58. The Morgan fingerprint density at radius 3 is 2.70 bits per heavy atom. The molecule has 23 heavy (non-hydrogen) atoms. The van der Waals surface area contributed by atoms with Crippen molar-refractivity contribution in [2.24, 2.45) is 0 Å². The predicted octanol–water partition coefficient (Wildman–Crippen LogP) is 3.06. The van der Waals surface area contributed by atoms with E-state index < -0.39 is 11.5 Å². The highest BCUT2D eigenvalue weighted by atomic mass is 35.5. The van der Waals surface area contributed by atoms with Gasteiger partial charge in [0, 0.05) is 5.69 Å². The summed E-state index contributed by atoms with van der Waals surface area (Å²) in [6.07, 6.45) is 0.482. The van der Waals surface area contributed by atoms with Crippen LogP contribution >= 0.6 is 11.6 Å². The van der Waals surface area contributed by atoms with Crippen molar-refractivity contribution in [3.8, 4) is 11.8 Å². The van der Waals surface area contributed by atoms with Gasteiger partial charge < -0.3 is 9.72 Å². The highest BCUT2D eigenvalue weighted by Gasteiger charge is 2.14. The quantitative estimate of drug-likeness (QED) is 0.690. The van der Waals surface area contributed by atoms with Crippen molar-refractivity contribution in [1.29, 1.82) is 5.26 Å². The van der Waals surface area contributed by atoms with E-state index in [9.17, 15) is 9.59 Å². The lowest BCUT2D eigenvalue weighted by Crippen LogP contribution is -2.18. The summed E-state index contributed by atoms with van der Waals surface area (Å²) in [7, 11) is 0. The number of aromatic nitrogens is 1. The van der Waals surface area contributed by atoms with Crippen LogP contribution in [0.3, 0.4) is 0 Å². The normalized spacial score (nSPS) is 10.2. The number of nitrogens with one attached hydrogen (secondary N) is 1. The molecular weight excluding hydrogens is 316 g/mol. The van der Waals surface area contributed by atoms with Crippen LogP contribution in [-0.4, -0.2) is 11.0 Å². The van der Waals surface area contributed by atoms with Crippen molar-refractivity contribution < 1.29 is 9.53 Å². The van der Waals surface area contributed by atoms with Gasteiger partial charge in [-0.3, -0.25) is 9.59 Å². The Kier molecular flexibility index (Phi) is 5.20. The van der Waals surface area contributed by atoms with Gasteiger partial charge in [0.05, 0.1) is 11.4 Å². The Bertz CT molecular complexity index is 850. The molecule has 2 aromatic rings. The van der Waals surface area contributed by atoms with Gasteiger partial charge in [-0.05, 0) is 43.5 Å². The van der Waals surface area contributed by atoms with Crippen LogP contribution in [0.2, 0.25) is 5.02 Å². The van der Waals surface area contributed by atoms with E-state index in [1.54, 1.807) is 38.1 Å². The number of nitriles is 1. The fourth-order valence-electron chi connectivity index (χ4n) is 2.35. The number of benzene rings is 1. The summed E-state index contributed by atoms with van der Waals surface area (Å²) < 4.78 is 5.22. The molecule has 118 valence electrons. The number of halogens is 1. The number of aromatic amines is 1. The highest BCUT2D eigenvalue weighted by Crippen LogP contribution is 2.24. The second-order valence-corrected chi connectivity index (χ2v) is 5.48. The number of ether oxygens (including phenoxy) is 1. The Balaban J connectivity index is 2.13. The van der Waals surface area contributed by atoms with E-state index in [2.05, 4.69) is 4.98 Å². The summed E-state index contributed by atoms with van der Waals surface area (Å²) in [5, 5.41) is 9.41. The molecule has 0 amide bonds. The number of carbonyl (C=O) groups excluding carboxylic acids is 1. The molecule has 0 radical (unpaired) electrons. The van der Waals surface area contributed by atoms with Gasteiger partial charge in [-0.15, -0.1) is 0 Å². The van der Waals surface area contributed by atoms with Crippen molar-refractivity contribution in [2.45, 2.75) is 26.7 Å². The first kappa shape index (κ1) is 16.8. The second-order valence-electron chi connectivity index (χ2n) is 5.07. The SMILES string of the molecule is Cc1[nH]c(=O)c(C#N)c(C)c1CCC(=O)Oc1ccccc1Cl.